The normalized spacial score (nSPS) is 23.9. The minimum atomic E-state index is -0.177. The molecule has 5 heteroatoms. The zero-order valence-electron chi connectivity index (χ0n) is 10.7. The van der Waals surface area contributed by atoms with Crippen LogP contribution in [0.15, 0.2) is 18.2 Å². The maximum atomic E-state index is 11.9. The molecule has 1 aromatic rings. The zero-order valence-corrected chi connectivity index (χ0v) is 10.7. The van der Waals surface area contributed by atoms with Gasteiger partial charge in [-0.2, -0.15) is 0 Å². The molecule has 5 nitrogen and oxygen atoms in total. The van der Waals surface area contributed by atoms with Gasteiger partial charge in [0.25, 0.3) is 0 Å². The van der Waals surface area contributed by atoms with Gasteiger partial charge in [-0.25, -0.2) is 0 Å². The topological polar surface area (TPSA) is 75.4 Å². The first-order valence-electron chi connectivity index (χ1n) is 6.58. The van der Waals surface area contributed by atoms with Gasteiger partial charge in [-0.3, -0.25) is 19.8 Å². The van der Waals surface area contributed by atoms with Gasteiger partial charge >= 0.3 is 0 Å². The first-order valence-corrected chi connectivity index (χ1v) is 6.58. The monoisotopic (exact) mass is 259 g/mol. The van der Waals surface area contributed by atoms with E-state index in [1.54, 1.807) is 0 Å². The number of nitrogens with zero attached hydrogens (tertiary/aromatic N) is 1. The van der Waals surface area contributed by atoms with E-state index in [1.807, 2.05) is 18.2 Å². The summed E-state index contributed by atoms with van der Waals surface area (Å²) in [4.78, 5) is 25.2. The number of benzene rings is 1. The molecule has 2 heterocycles. The summed E-state index contributed by atoms with van der Waals surface area (Å²) in [6, 6.07) is 5.76. The summed E-state index contributed by atoms with van der Waals surface area (Å²) in [6.45, 7) is 1.59. The Labute approximate surface area is 111 Å². The number of anilines is 1. The molecule has 0 spiro atoms. The number of nitrogen functional groups attached to an aromatic ring is 1. The van der Waals surface area contributed by atoms with Crippen LogP contribution in [0.2, 0.25) is 0 Å². The number of fused-ring (bicyclic) bond motifs is 1. The third-order valence-electron chi connectivity index (χ3n) is 3.92. The molecule has 2 aliphatic rings. The van der Waals surface area contributed by atoms with E-state index in [1.165, 1.54) is 11.1 Å². The first kappa shape index (κ1) is 12.2. The summed E-state index contributed by atoms with van der Waals surface area (Å²) in [6.07, 6.45) is 1.95. The van der Waals surface area contributed by atoms with Crippen molar-refractivity contribution in [3.63, 3.8) is 0 Å². The molecule has 0 radical (unpaired) electrons. The van der Waals surface area contributed by atoms with Gasteiger partial charge in [0.05, 0.1) is 6.04 Å². The van der Waals surface area contributed by atoms with Crippen LogP contribution in [0.4, 0.5) is 5.69 Å². The highest BCUT2D eigenvalue weighted by Gasteiger charge is 2.33. The van der Waals surface area contributed by atoms with E-state index >= 15 is 0 Å². The molecule has 0 saturated carbocycles. The second-order valence-corrected chi connectivity index (χ2v) is 5.22. The molecular formula is C14H17N3O2. The molecular weight excluding hydrogens is 242 g/mol. The standard InChI is InChI=1S/C14H17N3O2/c15-11-2-1-10-8-17(6-5-9(10)7-11)12-3-4-13(18)16-14(12)19/h1-2,7,12H,3-6,8,15H2,(H,16,18,19). The Morgan fingerprint density at radius 3 is 2.84 bits per heavy atom. The molecule has 2 amide bonds. The summed E-state index contributed by atoms with van der Waals surface area (Å²) < 4.78 is 0. The third kappa shape index (κ3) is 2.33. The lowest BCUT2D eigenvalue weighted by Crippen LogP contribution is -2.53. The van der Waals surface area contributed by atoms with Crippen molar-refractivity contribution in [2.75, 3.05) is 12.3 Å². The highest BCUT2D eigenvalue weighted by atomic mass is 16.2. The van der Waals surface area contributed by atoms with E-state index in [9.17, 15) is 9.59 Å². The van der Waals surface area contributed by atoms with E-state index in [-0.39, 0.29) is 17.9 Å². The van der Waals surface area contributed by atoms with Gasteiger partial charge in [0.2, 0.25) is 11.8 Å². The average Bonchev–Trinajstić information content (AvgIpc) is 2.38. The third-order valence-corrected chi connectivity index (χ3v) is 3.92. The van der Waals surface area contributed by atoms with E-state index in [0.29, 0.717) is 12.8 Å². The van der Waals surface area contributed by atoms with E-state index in [4.69, 9.17) is 5.73 Å². The van der Waals surface area contributed by atoms with Crippen LogP contribution in [0.1, 0.15) is 24.0 Å². The van der Waals surface area contributed by atoms with E-state index in [2.05, 4.69) is 10.2 Å². The lowest BCUT2D eigenvalue weighted by atomic mass is 9.95. The fourth-order valence-corrected chi connectivity index (χ4v) is 2.89. The number of imide groups is 1. The smallest absolute Gasteiger partial charge is 0.243 e. The van der Waals surface area contributed by atoms with Gasteiger partial charge in [0, 0.05) is 25.2 Å². The Kier molecular flexibility index (Phi) is 2.98. The Hall–Kier alpha value is -1.88. The van der Waals surface area contributed by atoms with Crippen molar-refractivity contribution < 1.29 is 9.59 Å². The minimum absolute atomic E-state index is 0.157. The van der Waals surface area contributed by atoms with Gasteiger partial charge in [0.1, 0.15) is 0 Å². The second kappa shape index (κ2) is 4.66. The van der Waals surface area contributed by atoms with Crippen LogP contribution in [0, 0.1) is 0 Å². The quantitative estimate of drug-likeness (QED) is 0.566. The van der Waals surface area contributed by atoms with Crippen LogP contribution in [-0.4, -0.2) is 29.3 Å². The van der Waals surface area contributed by atoms with Gasteiger partial charge in [-0.15, -0.1) is 0 Å². The summed E-state index contributed by atoms with van der Waals surface area (Å²) in [5.74, 6) is -0.318. The van der Waals surface area contributed by atoms with Gasteiger partial charge in [-0.05, 0) is 36.1 Å². The fourth-order valence-electron chi connectivity index (χ4n) is 2.89. The molecule has 0 aromatic heterocycles. The number of carbonyl (C=O) groups excluding carboxylic acids is 2. The first-order chi connectivity index (χ1) is 9.13. The van der Waals surface area contributed by atoms with Gasteiger partial charge in [-0.1, -0.05) is 6.07 Å². The number of amides is 2. The summed E-state index contributed by atoms with van der Waals surface area (Å²) in [7, 11) is 0. The zero-order chi connectivity index (χ0) is 13.4. The van der Waals surface area contributed by atoms with Crippen molar-refractivity contribution in [3.05, 3.63) is 29.3 Å². The Balaban J connectivity index is 1.77. The lowest BCUT2D eigenvalue weighted by Gasteiger charge is -2.36. The minimum Gasteiger partial charge on any atom is -0.399 e. The van der Waals surface area contributed by atoms with Crippen LogP contribution in [0.3, 0.4) is 0 Å². The fraction of sp³-hybridized carbons (Fsp3) is 0.429. The molecule has 0 bridgehead atoms. The van der Waals surface area contributed by atoms with Crippen molar-refractivity contribution in [2.45, 2.75) is 31.8 Å². The van der Waals surface area contributed by atoms with Crippen molar-refractivity contribution >= 4 is 17.5 Å². The van der Waals surface area contributed by atoms with Gasteiger partial charge in [0.15, 0.2) is 0 Å². The second-order valence-electron chi connectivity index (χ2n) is 5.22. The largest absolute Gasteiger partial charge is 0.399 e. The number of rotatable bonds is 1. The van der Waals surface area contributed by atoms with Crippen LogP contribution < -0.4 is 11.1 Å². The lowest BCUT2D eigenvalue weighted by molar-refractivity contribution is -0.137. The molecule has 1 fully saturated rings. The SMILES string of the molecule is Nc1ccc2c(c1)CCN(C1CCC(=O)NC1=O)C2. The maximum Gasteiger partial charge on any atom is 0.243 e. The number of piperidine rings is 1. The average molecular weight is 259 g/mol. The Bertz CT molecular complexity index is 541. The summed E-state index contributed by atoms with van der Waals surface area (Å²) >= 11 is 0. The van der Waals surface area contributed by atoms with E-state index < -0.39 is 0 Å². The molecule has 3 N–H and O–H groups in total. The Morgan fingerprint density at radius 2 is 2.05 bits per heavy atom. The number of carbonyl (C=O) groups is 2. The summed E-state index contributed by atoms with van der Waals surface area (Å²) in [5.41, 5.74) is 9.06. The molecule has 1 aromatic carbocycles. The van der Waals surface area contributed by atoms with E-state index in [0.717, 1.165) is 25.2 Å². The molecule has 100 valence electrons. The van der Waals surface area contributed by atoms with Crippen molar-refractivity contribution in [1.82, 2.24) is 10.2 Å². The predicted octanol–water partition coefficient (Wildman–Crippen LogP) is 0.432. The molecule has 19 heavy (non-hydrogen) atoms. The number of hydrogen-bond donors (Lipinski definition) is 2. The number of nitrogens with one attached hydrogen (secondary N) is 1. The van der Waals surface area contributed by atoms with Gasteiger partial charge < -0.3 is 5.73 Å². The number of nitrogens with two attached hydrogens (primary N) is 1. The van der Waals surface area contributed by atoms with Crippen molar-refractivity contribution in [1.29, 1.82) is 0 Å². The van der Waals surface area contributed by atoms with Crippen LogP contribution >= 0.6 is 0 Å². The van der Waals surface area contributed by atoms with Crippen LogP contribution in [-0.2, 0) is 22.6 Å². The van der Waals surface area contributed by atoms with Crippen molar-refractivity contribution in [2.24, 2.45) is 0 Å². The van der Waals surface area contributed by atoms with Crippen LogP contribution in [0.25, 0.3) is 0 Å². The number of hydrogen-bond acceptors (Lipinski definition) is 4. The highest BCUT2D eigenvalue weighted by Crippen LogP contribution is 2.24. The van der Waals surface area contributed by atoms with Crippen molar-refractivity contribution in [3.8, 4) is 0 Å². The summed E-state index contributed by atoms with van der Waals surface area (Å²) in [5, 5.41) is 2.42. The molecule has 1 atom stereocenters. The molecule has 1 saturated heterocycles. The predicted molar refractivity (Wildman–Crippen MR) is 71.1 cm³/mol. The molecule has 1 unspecified atom stereocenters. The highest BCUT2D eigenvalue weighted by molar-refractivity contribution is 6.00. The Morgan fingerprint density at radius 1 is 1.21 bits per heavy atom. The molecule has 0 aliphatic carbocycles. The maximum absolute atomic E-state index is 11.9. The molecule has 2 aliphatic heterocycles. The van der Waals surface area contributed by atoms with Crippen LogP contribution in [0.5, 0.6) is 0 Å². The molecule has 3 rings (SSSR count).